The fourth-order valence-corrected chi connectivity index (χ4v) is 3.11. The predicted octanol–water partition coefficient (Wildman–Crippen LogP) is 5.57. The first-order valence-electron chi connectivity index (χ1n) is 8.15. The molecule has 1 heterocycles. The lowest BCUT2D eigenvalue weighted by atomic mass is 10.0. The van der Waals surface area contributed by atoms with Crippen molar-refractivity contribution >= 4 is 45.3 Å². The van der Waals surface area contributed by atoms with Gasteiger partial charge in [0.1, 0.15) is 11.6 Å². The molecule has 2 aromatic carbocycles. The Morgan fingerprint density at radius 3 is 2.43 bits per heavy atom. The zero-order valence-electron chi connectivity index (χ0n) is 14.6. The number of nitrogens with one attached hydrogen (secondary N) is 2. The van der Waals surface area contributed by atoms with Gasteiger partial charge in [0.05, 0.1) is 10.6 Å². The van der Waals surface area contributed by atoms with E-state index in [0.717, 1.165) is 21.7 Å². The number of pyridine rings is 1. The molecule has 0 radical (unpaired) electrons. The highest BCUT2D eigenvalue weighted by Gasteiger charge is 2.18. The van der Waals surface area contributed by atoms with Crippen molar-refractivity contribution in [2.75, 3.05) is 5.32 Å². The minimum absolute atomic E-state index is 0.0851. The molecule has 1 aromatic heterocycles. The number of carbonyl (C=O) groups is 2. The molecule has 28 heavy (non-hydrogen) atoms. The summed E-state index contributed by atoms with van der Waals surface area (Å²) in [7, 11) is 0. The topological polar surface area (TPSA) is 71.1 Å². The van der Waals surface area contributed by atoms with E-state index in [4.69, 9.17) is 11.6 Å². The summed E-state index contributed by atoms with van der Waals surface area (Å²) in [5, 5.41) is 4.41. The molecule has 5 nitrogen and oxygen atoms in total. The average Bonchev–Trinajstić information content (AvgIpc) is 2.62. The molecule has 0 bridgehead atoms. The van der Waals surface area contributed by atoms with E-state index in [2.05, 4.69) is 26.2 Å². The van der Waals surface area contributed by atoms with Gasteiger partial charge in [0.25, 0.3) is 5.91 Å². The summed E-state index contributed by atoms with van der Waals surface area (Å²) in [6.07, 6.45) is 0. The highest BCUT2D eigenvalue weighted by molar-refractivity contribution is 9.10. The largest absolute Gasteiger partial charge is 0.327 e. The van der Waals surface area contributed by atoms with Gasteiger partial charge in [-0.1, -0.05) is 45.7 Å². The van der Waals surface area contributed by atoms with E-state index in [1.54, 1.807) is 6.07 Å². The predicted molar refractivity (Wildman–Crippen MR) is 110 cm³/mol. The smallest absolute Gasteiger partial charge is 0.292 e. The highest BCUT2D eigenvalue weighted by Crippen LogP contribution is 2.25. The van der Waals surface area contributed by atoms with Gasteiger partial charge in [-0.15, -0.1) is 0 Å². The van der Waals surface area contributed by atoms with Gasteiger partial charge in [0.15, 0.2) is 0 Å². The van der Waals surface area contributed by atoms with E-state index >= 15 is 0 Å². The van der Waals surface area contributed by atoms with Gasteiger partial charge in [-0.3, -0.25) is 15.4 Å². The van der Waals surface area contributed by atoms with Crippen molar-refractivity contribution < 1.29 is 14.0 Å². The maximum Gasteiger partial charge on any atom is 0.327 e. The van der Waals surface area contributed by atoms with Gasteiger partial charge in [0.2, 0.25) is 0 Å². The van der Waals surface area contributed by atoms with Crippen LogP contribution in [0.25, 0.3) is 11.1 Å². The highest BCUT2D eigenvalue weighted by atomic mass is 79.9. The van der Waals surface area contributed by atoms with Gasteiger partial charge < -0.3 is 0 Å². The molecule has 0 saturated carbocycles. The monoisotopic (exact) mass is 461 g/mol. The third-order valence-electron chi connectivity index (χ3n) is 3.90. The normalized spacial score (nSPS) is 10.4. The Balaban J connectivity index is 1.71. The summed E-state index contributed by atoms with van der Waals surface area (Å²) in [6, 6.07) is 14.2. The van der Waals surface area contributed by atoms with Crippen LogP contribution in [0.2, 0.25) is 5.02 Å². The molecule has 0 fully saturated rings. The van der Waals surface area contributed by atoms with Crippen LogP contribution in [0, 0.1) is 12.7 Å². The number of aromatic nitrogens is 1. The quantitative estimate of drug-likeness (QED) is 0.534. The number of anilines is 1. The van der Waals surface area contributed by atoms with Gasteiger partial charge in [-0.2, -0.15) is 0 Å². The molecule has 142 valence electrons. The van der Waals surface area contributed by atoms with E-state index in [9.17, 15) is 14.0 Å². The molecule has 0 saturated heterocycles. The second-order valence-corrected chi connectivity index (χ2v) is 7.16. The number of halogens is 3. The Kier molecular flexibility index (Phi) is 6.06. The second-order valence-electron chi connectivity index (χ2n) is 5.84. The van der Waals surface area contributed by atoms with Crippen LogP contribution in [0.15, 0.2) is 59.1 Å². The summed E-state index contributed by atoms with van der Waals surface area (Å²) in [6.45, 7) is 1.81. The van der Waals surface area contributed by atoms with Crippen molar-refractivity contribution in [2.24, 2.45) is 0 Å². The number of imide groups is 1. The van der Waals surface area contributed by atoms with Crippen molar-refractivity contribution in [3.63, 3.8) is 0 Å². The van der Waals surface area contributed by atoms with Gasteiger partial charge in [-0.05, 0) is 48.9 Å². The molecular formula is C20H14BrClFN3O2. The molecule has 8 heteroatoms. The molecule has 0 aliphatic rings. The number of hydrogen-bond acceptors (Lipinski definition) is 3. The average molecular weight is 463 g/mol. The van der Waals surface area contributed by atoms with Crippen LogP contribution in [0.3, 0.4) is 0 Å². The van der Waals surface area contributed by atoms with Crippen LogP contribution in [-0.2, 0) is 0 Å². The third kappa shape index (κ3) is 4.55. The summed E-state index contributed by atoms with van der Waals surface area (Å²) in [5.41, 5.74) is 2.19. The molecule has 0 spiro atoms. The van der Waals surface area contributed by atoms with Crippen LogP contribution in [0.5, 0.6) is 0 Å². The number of aryl methyl sites for hydroxylation is 1. The lowest BCUT2D eigenvalue weighted by molar-refractivity contribution is 0.0963. The van der Waals surface area contributed by atoms with Crippen molar-refractivity contribution in [3.8, 4) is 11.1 Å². The van der Waals surface area contributed by atoms with Crippen molar-refractivity contribution in [1.82, 2.24) is 10.3 Å². The number of amides is 3. The third-order valence-corrected chi connectivity index (χ3v) is 4.74. The summed E-state index contributed by atoms with van der Waals surface area (Å²) in [4.78, 5) is 28.5. The molecule has 0 aliphatic heterocycles. The Labute approximate surface area is 174 Å². The summed E-state index contributed by atoms with van der Waals surface area (Å²) >= 11 is 9.22. The fraction of sp³-hybridized carbons (Fsp3) is 0.0500. The number of rotatable bonds is 3. The van der Waals surface area contributed by atoms with E-state index in [0.29, 0.717) is 5.69 Å². The first kappa shape index (κ1) is 20.0. The molecule has 3 amide bonds. The zero-order valence-corrected chi connectivity index (χ0v) is 16.9. The minimum atomic E-state index is -0.941. The van der Waals surface area contributed by atoms with Gasteiger partial charge in [-0.25, -0.2) is 14.2 Å². The van der Waals surface area contributed by atoms with E-state index in [1.165, 1.54) is 12.1 Å². The molecule has 0 unspecified atom stereocenters. The van der Waals surface area contributed by atoms with Crippen molar-refractivity contribution in [2.45, 2.75) is 6.92 Å². The summed E-state index contributed by atoms with van der Waals surface area (Å²) < 4.78 is 14.7. The van der Waals surface area contributed by atoms with E-state index in [-0.39, 0.29) is 10.8 Å². The number of nitrogens with zero attached hydrogens (tertiary/aromatic N) is 1. The first-order valence-corrected chi connectivity index (χ1v) is 9.32. The number of hydrogen-bond donors (Lipinski definition) is 2. The molecule has 3 aromatic rings. The lowest BCUT2D eigenvalue weighted by Gasteiger charge is -2.10. The minimum Gasteiger partial charge on any atom is -0.292 e. The molecule has 3 rings (SSSR count). The second kappa shape index (κ2) is 8.50. The van der Waals surface area contributed by atoms with E-state index < -0.39 is 23.3 Å². The lowest BCUT2D eigenvalue weighted by Crippen LogP contribution is -2.35. The number of benzene rings is 2. The van der Waals surface area contributed by atoms with Gasteiger partial charge in [0, 0.05) is 15.7 Å². The number of urea groups is 1. The SMILES string of the molecule is Cc1nc(NC(=O)NC(=O)c2c(F)cccc2Cl)ccc1-c1ccc(Br)cc1. The number of carbonyl (C=O) groups excluding carboxylic acids is 2. The first-order chi connectivity index (χ1) is 13.3. The molecule has 0 atom stereocenters. The Morgan fingerprint density at radius 2 is 1.79 bits per heavy atom. The Bertz CT molecular complexity index is 1040. The Hall–Kier alpha value is -2.77. The fourth-order valence-electron chi connectivity index (χ4n) is 2.59. The zero-order chi connectivity index (χ0) is 20.3. The van der Waals surface area contributed by atoms with E-state index in [1.807, 2.05) is 42.6 Å². The van der Waals surface area contributed by atoms with Crippen LogP contribution < -0.4 is 10.6 Å². The maximum absolute atomic E-state index is 13.8. The Morgan fingerprint density at radius 1 is 1.07 bits per heavy atom. The summed E-state index contributed by atoms with van der Waals surface area (Å²) in [5.74, 6) is -1.50. The van der Waals surface area contributed by atoms with Crippen LogP contribution >= 0.6 is 27.5 Å². The van der Waals surface area contributed by atoms with Crippen molar-refractivity contribution in [3.05, 3.63) is 81.2 Å². The molecule has 2 N–H and O–H groups in total. The maximum atomic E-state index is 13.8. The van der Waals surface area contributed by atoms with Crippen molar-refractivity contribution in [1.29, 1.82) is 0 Å². The van der Waals surface area contributed by atoms with Crippen LogP contribution in [0.4, 0.5) is 15.0 Å². The van der Waals surface area contributed by atoms with Crippen LogP contribution in [0.1, 0.15) is 16.1 Å². The van der Waals surface area contributed by atoms with Gasteiger partial charge >= 0.3 is 6.03 Å². The molecular weight excluding hydrogens is 449 g/mol. The molecule has 0 aliphatic carbocycles. The van der Waals surface area contributed by atoms with Crippen LogP contribution in [-0.4, -0.2) is 16.9 Å². The standard InChI is InChI=1S/C20H14BrClFN3O2/c1-11-14(12-5-7-13(21)8-6-12)9-10-17(24-11)25-20(28)26-19(27)18-15(22)3-2-4-16(18)23/h2-10H,1H3,(H2,24,25,26,27,28).